The van der Waals surface area contributed by atoms with Gasteiger partial charge in [0.25, 0.3) is 0 Å². The molecule has 2 heterocycles. The van der Waals surface area contributed by atoms with E-state index >= 15 is 0 Å². The number of hydrogen-bond donors (Lipinski definition) is 1. The van der Waals surface area contributed by atoms with Crippen molar-refractivity contribution < 1.29 is 4.74 Å². The van der Waals surface area contributed by atoms with Gasteiger partial charge in [0.05, 0.1) is 12.3 Å². The van der Waals surface area contributed by atoms with E-state index in [1.165, 1.54) is 0 Å². The maximum atomic E-state index is 5.84. The van der Waals surface area contributed by atoms with Crippen LogP contribution < -0.4 is 5.32 Å². The van der Waals surface area contributed by atoms with Gasteiger partial charge in [-0.1, -0.05) is 11.6 Å². The van der Waals surface area contributed by atoms with Crippen LogP contribution in [0.4, 0.5) is 0 Å². The van der Waals surface area contributed by atoms with Crippen molar-refractivity contribution in [1.29, 1.82) is 0 Å². The lowest BCUT2D eigenvalue weighted by molar-refractivity contribution is 0.0248. The molecule has 0 bridgehead atoms. The molecule has 2 rings (SSSR count). The van der Waals surface area contributed by atoms with E-state index in [1.807, 2.05) is 22.6 Å². The van der Waals surface area contributed by atoms with Crippen LogP contribution >= 0.6 is 34.2 Å². The number of nitrogens with one attached hydrogen (secondary N) is 1. The second-order valence-electron chi connectivity index (χ2n) is 2.95. The van der Waals surface area contributed by atoms with Crippen molar-refractivity contribution in [2.45, 2.75) is 6.10 Å². The first-order valence-corrected chi connectivity index (χ1v) is 5.73. The number of ether oxygens (including phenoxy) is 1. The molecule has 0 aromatic carbocycles. The molecule has 1 aromatic heterocycles. The summed E-state index contributed by atoms with van der Waals surface area (Å²) in [5.74, 6) is 0. The summed E-state index contributed by atoms with van der Waals surface area (Å²) < 4.78 is 6.21. The summed E-state index contributed by atoms with van der Waals surface area (Å²) in [6.45, 7) is 2.39. The first-order chi connectivity index (χ1) is 6.75. The Balaban J connectivity index is 2.21. The summed E-state index contributed by atoms with van der Waals surface area (Å²) in [5, 5.41) is 3.71. The third-order valence-electron chi connectivity index (χ3n) is 1.94. The molecule has 4 nitrogen and oxygen atoms in total. The molecule has 6 heteroatoms. The standard InChI is InChI=1S/C8H9ClIN3O/c9-7-3-5(12-8(10)13-7)6-4-11-1-2-14-6/h3,6,11H,1-2,4H2. The fourth-order valence-corrected chi connectivity index (χ4v) is 2.20. The van der Waals surface area contributed by atoms with E-state index in [2.05, 4.69) is 15.3 Å². The minimum Gasteiger partial charge on any atom is -0.369 e. The van der Waals surface area contributed by atoms with Crippen molar-refractivity contribution in [2.75, 3.05) is 19.7 Å². The van der Waals surface area contributed by atoms with E-state index in [9.17, 15) is 0 Å². The number of hydrogen-bond acceptors (Lipinski definition) is 4. The van der Waals surface area contributed by atoms with Crippen molar-refractivity contribution in [3.63, 3.8) is 0 Å². The molecule has 1 saturated heterocycles. The van der Waals surface area contributed by atoms with Crippen LogP contribution in [0, 0.1) is 3.83 Å². The smallest absolute Gasteiger partial charge is 0.192 e. The number of nitrogens with zero attached hydrogens (tertiary/aromatic N) is 2. The quantitative estimate of drug-likeness (QED) is 0.482. The molecule has 0 amide bonds. The minimum absolute atomic E-state index is 0.00207. The Kier molecular flexibility index (Phi) is 3.53. The molecule has 1 aliphatic rings. The normalized spacial score (nSPS) is 22.3. The van der Waals surface area contributed by atoms with Gasteiger partial charge in [-0.15, -0.1) is 0 Å². The molecule has 76 valence electrons. The van der Waals surface area contributed by atoms with Crippen LogP contribution in [-0.2, 0) is 4.74 Å². The first kappa shape index (κ1) is 10.5. The summed E-state index contributed by atoms with van der Waals surface area (Å²) >= 11 is 7.88. The molecular formula is C8H9ClIN3O. The molecule has 1 N–H and O–H groups in total. The van der Waals surface area contributed by atoms with Crippen molar-refractivity contribution >= 4 is 34.2 Å². The highest BCUT2D eigenvalue weighted by Gasteiger charge is 2.18. The topological polar surface area (TPSA) is 47.0 Å². The van der Waals surface area contributed by atoms with Gasteiger partial charge < -0.3 is 10.1 Å². The van der Waals surface area contributed by atoms with Gasteiger partial charge in [-0.2, -0.15) is 0 Å². The largest absolute Gasteiger partial charge is 0.369 e. The Morgan fingerprint density at radius 2 is 2.43 bits per heavy atom. The highest BCUT2D eigenvalue weighted by molar-refractivity contribution is 14.1. The van der Waals surface area contributed by atoms with Gasteiger partial charge in [0, 0.05) is 35.7 Å². The molecule has 14 heavy (non-hydrogen) atoms. The summed E-state index contributed by atoms with van der Waals surface area (Å²) in [6, 6.07) is 1.75. The molecule has 0 saturated carbocycles. The van der Waals surface area contributed by atoms with Gasteiger partial charge in [-0.05, 0) is 6.07 Å². The minimum atomic E-state index is -0.00207. The lowest BCUT2D eigenvalue weighted by Gasteiger charge is -2.23. The van der Waals surface area contributed by atoms with Crippen LogP contribution in [0.3, 0.4) is 0 Å². The molecule has 1 aromatic rings. The van der Waals surface area contributed by atoms with Crippen molar-refractivity contribution in [1.82, 2.24) is 15.3 Å². The number of morpholine rings is 1. The Labute approximate surface area is 101 Å². The number of rotatable bonds is 1. The van der Waals surface area contributed by atoms with E-state index in [0.29, 0.717) is 15.6 Å². The van der Waals surface area contributed by atoms with Gasteiger partial charge in [-0.3, -0.25) is 0 Å². The Hall–Kier alpha value is 0.0200. The summed E-state index contributed by atoms with van der Waals surface area (Å²) in [4.78, 5) is 8.28. The lowest BCUT2D eigenvalue weighted by atomic mass is 10.2. The van der Waals surface area contributed by atoms with Gasteiger partial charge in [0.1, 0.15) is 11.3 Å². The predicted octanol–water partition coefficient (Wildman–Crippen LogP) is 1.40. The monoisotopic (exact) mass is 325 g/mol. The number of aromatic nitrogens is 2. The third-order valence-corrected chi connectivity index (χ3v) is 2.62. The van der Waals surface area contributed by atoms with Crippen molar-refractivity contribution in [3.8, 4) is 0 Å². The summed E-state index contributed by atoms with van der Waals surface area (Å²) in [5.41, 5.74) is 0.849. The molecule has 1 atom stereocenters. The maximum Gasteiger partial charge on any atom is 0.192 e. The van der Waals surface area contributed by atoms with Gasteiger partial charge in [-0.25, -0.2) is 9.97 Å². The molecule has 0 aliphatic carbocycles. The fourth-order valence-electron chi connectivity index (χ4n) is 1.33. The lowest BCUT2D eigenvalue weighted by Crippen LogP contribution is -2.33. The predicted molar refractivity (Wildman–Crippen MR) is 61.3 cm³/mol. The number of halogens is 2. The zero-order valence-electron chi connectivity index (χ0n) is 7.33. The highest BCUT2D eigenvalue weighted by atomic mass is 127. The van der Waals surface area contributed by atoms with Crippen molar-refractivity contribution in [3.05, 3.63) is 20.7 Å². The van der Waals surface area contributed by atoms with E-state index in [1.54, 1.807) is 6.07 Å². The average molecular weight is 326 g/mol. The molecule has 1 aliphatic heterocycles. The van der Waals surface area contributed by atoms with E-state index in [0.717, 1.165) is 18.8 Å². The summed E-state index contributed by atoms with van der Waals surface area (Å²) in [7, 11) is 0. The Morgan fingerprint density at radius 1 is 1.57 bits per heavy atom. The van der Waals surface area contributed by atoms with E-state index in [-0.39, 0.29) is 6.10 Å². The molecule has 1 unspecified atom stereocenters. The van der Waals surface area contributed by atoms with Crippen LogP contribution in [0.15, 0.2) is 6.07 Å². The average Bonchev–Trinajstić information content (AvgIpc) is 2.18. The Bertz CT molecular complexity index is 310. The zero-order valence-corrected chi connectivity index (χ0v) is 10.2. The van der Waals surface area contributed by atoms with Gasteiger partial charge >= 0.3 is 0 Å². The SMILES string of the molecule is Clc1cc(C2CNCCO2)nc(I)n1. The highest BCUT2D eigenvalue weighted by Crippen LogP contribution is 2.19. The van der Waals surface area contributed by atoms with E-state index < -0.39 is 0 Å². The van der Waals surface area contributed by atoms with E-state index in [4.69, 9.17) is 16.3 Å². The molecule has 0 radical (unpaired) electrons. The fraction of sp³-hybridized carbons (Fsp3) is 0.500. The second-order valence-corrected chi connectivity index (χ2v) is 4.30. The maximum absolute atomic E-state index is 5.84. The van der Waals surface area contributed by atoms with Crippen LogP contribution in [-0.4, -0.2) is 29.7 Å². The van der Waals surface area contributed by atoms with Crippen LogP contribution in [0.5, 0.6) is 0 Å². The summed E-state index contributed by atoms with van der Waals surface area (Å²) in [6.07, 6.45) is -0.00207. The van der Waals surface area contributed by atoms with Crippen LogP contribution in [0.2, 0.25) is 5.15 Å². The molecule has 0 spiro atoms. The Morgan fingerprint density at radius 3 is 3.07 bits per heavy atom. The zero-order chi connectivity index (χ0) is 9.97. The van der Waals surface area contributed by atoms with Crippen LogP contribution in [0.1, 0.15) is 11.8 Å². The van der Waals surface area contributed by atoms with Gasteiger partial charge in [0.2, 0.25) is 0 Å². The first-order valence-electron chi connectivity index (χ1n) is 4.28. The van der Waals surface area contributed by atoms with Crippen molar-refractivity contribution in [2.24, 2.45) is 0 Å². The molecule has 1 fully saturated rings. The molecular weight excluding hydrogens is 316 g/mol. The van der Waals surface area contributed by atoms with Crippen LogP contribution in [0.25, 0.3) is 0 Å². The van der Waals surface area contributed by atoms with Gasteiger partial charge in [0.15, 0.2) is 3.83 Å². The third kappa shape index (κ3) is 2.53. The second kappa shape index (κ2) is 4.69.